The molecular formula is C35H47F2N4O5SSi. The largest absolute Gasteiger partial charge is 0.480 e. The van der Waals surface area contributed by atoms with Crippen molar-refractivity contribution in [1.82, 2.24) is 14.8 Å². The summed E-state index contributed by atoms with van der Waals surface area (Å²) in [5.74, 6) is -2.50. The minimum Gasteiger partial charge on any atom is -0.480 e. The summed E-state index contributed by atoms with van der Waals surface area (Å²) in [6.45, 7) is 11.6. The van der Waals surface area contributed by atoms with Crippen LogP contribution in [0.3, 0.4) is 0 Å². The lowest BCUT2D eigenvalue weighted by atomic mass is 9.83. The van der Waals surface area contributed by atoms with E-state index in [4.69, 9.17) is 10.5 Å². The third-order valence-corrected chi connectivity index (χ3v) is 9.87. The van der Waals surface area contributed by atoms with Crippen LogP contribution in [0.2, 0.25) is 19.1 Å². The highest BCUT2D eigenvalue weighted by molar-refractivity contribution is 8.00. The smallest absolute Gasteiger partial charge is 0.407 e. The van der Waals surface area contributed by atoms with E-state index in [-0.39, 0.29) is 36.1 Å². The number of halogens is 2. The van der Waals surface area contributed by atoms with Crippen molar-refractivity contribution in [3.8, 4) is 11.1 Å². The molecule has 48 heavy (non-hydrogen) atoms. The number of hydrogen-bond acceptors (Lipinski definition) is 6. The van der Waals surface area contributed by atoms with Crippen molar-refractivity contribution in [1.29, 1.82) is 0 Å². The van der Waals surface area contributed by atoms with Crippen LogP contribution in [0, 0.1) is 17.0 Å². The maximum atomic E-state index is 15.1. The minimum atomic E-state index is -1.15. The first-order chi connectivity index (χ1) is 22.7. The number of carbonyl (C=O) groups is 3. The molecule has 3 rings (SSSR count). The van der Waals surface area contributed by atoms with Gasteiger partial charge < -0.3 is 30.4 Å². The van der Waals surface area contributed by atoms with Crippen LogP contribution >= 0.6 is 11.8 Å². The number of carboxylic acid groups (broad SMARTS) is 1. The lowest BCUT2D eigenvalue weighted by Crippen LogP contribution is -2.44. The van der Waals surface area contributed by atoms with Gasteiger partial charge in [-0.2, -0.15) is 0 Å². The van der Waals surface area contributed by atoms with Gasteiger partial charge in [0.05, 0.1) is 18.4 Å². The fraction of sp³-hybridized carbons (Fsp3) is 0.457. The Morgan fingerprint density at radius 1 is 1.10 bits per heavy atom. The lowest BCUT2D eigenvalue weighted by molar-refractivity contribution is -0.138. The zero-order valence-electron chi connectivity index (χ0n) is 28.3. The zero-order chi connectivity index (χ0) is 35.4. The molecule has 0 bridgehead atoms. The molecule has 0 saturated carbocycles. The standard InChI is InChI=1S/C35H47F2N4O5SSi/c1-35(2,3)32(30-18-25(27-19-26(36)12-13-28(27)37)21-40(30)20-24-10-7-6-8-11-24)41(31(42)23-47-22-29(38)33(43)44)15-9-14-39-34(45)46-16-17-48(4)5/h6-8,10-13,18-19,21,29,32H,9,14-17,20,22-23,38H2,1-5H3,(H,39,45)(H,43,44)/t29-,32-/m0/s1. The van der Waals surface area contributed by atoms with E-state index >= 15 is 4.39 Å². The van der Waals surface area contributed by atoms with Crippen LogP contribution in [0.4, 0.5) is 13.6 Å². The number of nitrogens with zero attached hydrogens (tertiary/aromatic N) is 2. The van der Waals surface area contributed by atoms with Gasteiger partial charge in [-0.3, -0.25) is 9.59 Å². The van der Waals surface area contributed by atoms with Crippen molar-refractivity contribution in [2.45, 2.75) is 65.0 Å². The molecule has 1 radical (unpaired) electrons. The summed E-state index contributed by atoms with van der Waals surface area (Å²) in [5.41, 5.74) is 7.42. The number of carbonyl (C=O) groups excluding carboxylic acids is 2. The fourth-order valence-electron chi connectivity index (χ4n) is 5.28. The van der Waals surface area contributed by atoms with Crippen LogP contribution in [0.1, 0.15) is 44.5 Å². The first-order valence-corrected chi connectivity index (χ1v) is 19.8. The number of benzene rings is 2. The van der Waals surface area contributed by atoms with E-state index < -0.39 is 50.0 Å². The number of alkyl carbamates (subject to hydrolysis) is 1. The average molecular weight is 702 g/mol. The summed E-state index contributed by atoms with van der Waals surface area (Å²) in [4.78, 5) is 39.3. The first-order valence-electron chi connectivity index (χ1n) is 15.9. The van der Waals surface area contributed by atoms with Gasteiger partial charge in [0, 0.05) is 57.2 Å². The maximum absolute atomic E-state index is 15.1. The summed E-state index contributed by atoms with van der Waals surface area (Å²) in [6.07, 6.45) is 1.67. The van der Waals surface area contributed by atoms with Gasteiger partial charge in [-0.1, -0.05) is 64.2 Å². The molecule has 2 aromatic carbocycles. The Morgan fingerprint density at radius 3 is 2.46 bits per heavy atom. The van der Waals surface area contributed by atoms with Crippen LogP contribution in [-0.2, 0) is 20.9 Å². The number of aliphatic carboxylic acids is 1. The molecular weight excluding hydrogens is 655 g/mol. The van der Waals surface area contributed by atoms with E-state index in [1.54, 1.807) is 17.2 Å². The molecule has 0 spiro atoms. The van der Waals surface area contributed by atoms with Gasteiger partial charge in [-0.15, -0.1) is 11.8 Å². The number of nitrogens with one attached hydrogen (secondary N) is 1. The van der Waals surface area contributed by atoms with E-state index in [1.807, 2.05) is 55.7 Å². The van der Waals surface area contributed by atoms with Gasteiger partial charge >= 0.3 is 12.1 Å². The van der Waals surface area contributed by atoms with Crippen molar-refractivity contribution in [3.63, 3.8) is 0 Å². The Bertz CT molecular complexity index is 1520. The number of hydrogen-bond donors (Lipinski definition) is 3. The molecule has 4 N–H and O–H groups in total. The molecule has 1 aromatic heterocycles. The predicted octanol–water partition coefficient (Wildman–Crippen LogP) is 6.41. The van der Waals surface area contributed by atoms with Gasteiger partial charge in [0.15, 0.2) is 0 Å². The number of amides is 2. The zero-order valence-corrected chi connectivity index (χ0v) is 30.1. The van der Waals surface area contributed by atoms with Gasteiger partial charge in [-0.25, -0.2) is 13.6 Å². The molecule has 261 valence electrons. The fourth-order valence-corrected chi connectivity index (χ4v) is 6.64. The van der Waals surface area contributed by atoms with E-state index in [0.29, 0.717) is 25.1 Å². The molecule has 0 unspecified atom stereocenters. The van der Waals surface area contributed by atoms with Gasteiger partial charge in [0.2, 0.25) is 5.91 Å². The lowest BCUT2D eigenvalue weighted by Gasteiger charge is -2.41. The predicted molar refractivity (Wildman–Crippen MR) is 188 cm³/mol. The molecule has 0 aliphatic rings. The number of thioether (sulfide) groups is 1. The number of nitrogens with two attached hydrogens (primary N) is 1. The maximum Gasteiger partial charge on any atom is 0.407 e. The monoisotopic (exact) mass is 701 g/mol. The van der Waals surface area contributed by atoms with Gasteiger partial charge in [0.25, 0.3) is 0 Å². The van der Waals surface area contributed by atoms with Crippen LogP contribution in [-0.4, -0.2) is 78.6 Å². The van der Waals surface area contributed by atoms with Crippen LogP contribution in [0.25, 0.3) is 11.1 Å². The highest BCUT2D eigenvalue weighted by atomic mass is 32.2. The molecule has 1 heterocycles. The summed E-state index contributed by atoms with van der Waals surface area (Å²) in [6, 6.07) is 14.0. The second-order valence-corrected chi connectivity index (χ2v) is 17.0. The molecule has 0 aliphatic heterocycles. The third kappa shape index (κ3) is 11.8. The van der Waals surface area contributed by atoms with E-state index in [2.05, 4.69) is 18.4 Å². The molecule has 0 aliphatic carbocycles. The van der Waals surface area contributed by atoms with Gasteiger partial charge in [-0.05, 0) is 47.7 Å². The Balaban J connectivity index is 2.00. The second-order valence-electron chi connectivity index (χ2n) is 13.1. The average Bonchev–Trinajstić information content (AvgIpc) is 3.41. The topological polar surface area (TPSA) is 127 Å². The molecule has 2 atom stereocenters. The number of rotatable bonds is 17. The van der Waals surface area contributed by atoms with Crippen LogP contribution in [0.15, 0.2) is 60.8 Å². The van der Waals surface area contributed by atoms with Crippen molar-refractivity contribution in [2.75, 3.05) is 31.2 Å². The Morgan fingerprint density at radius 2 is 1.81 bits per heavy atom. The second kappa shape index (κ2) is 18.2. The minimum absolute atomic E-state index is 0.0220. The molecule has 13 heteroatoms. The van der Waals surface area contributed by atoms with Crippen molar-refractivity contribution < 1.29 is 33.0 Å². The molecule has 3 aromatic rings. The first kappa shape index (κ1) is 38.8. The third-order valence-electron chi connectivity index (χ3n) is 7.62. The van der Waals surface area contributed by atoms with Crippen molar-refractivity contribution >= 4 is 38.5 Å². The van der Waals surface area contributed by atoms with Crippen LogP contribution < -0.4 is 11.1 Å². The molecule has 9 nitrogen and oxygen atoms in total. The quantitative estimate of drug-likeness (QED) is 0.110. The summed E-state index contributed by atoms with van der Waals surface area (Å²) >= 11 is 1.13. The normalized spacial score (nSPS) is 12.9. The highest BCUT2D eigenvalue weighted by Crippen LogP contribution is 2.41. The van der Waals surface area contributed by atoms with E-state index in [9.17, 15) is 23.9 Å². The number of carboxylic acids is 1. The Kier molecular flexibility index (Phi) is 14.7. The van der Waals surface area contributed by atoms with Crippen LogP contribution in [0.5, 0.6) is 0 Å². The molecule has 0 saturated heterocycles. The summed E-state index contributed by atoms with van der Waals surface area (Å²) < 4.78 is 36.6. The van der Waals surface area contributed by atoms with Crippen molar-refractivity contribution in [2.24, 2.45) is 11.1 Å². The van der Waals surface area contributed by atoms with Crippen molar-refractivity contribution in [3.05, 3.63) is 83.7 Å². The number of ether oxygens (including phenoxy) is 1. The molecule has 2 amide bonds. The van der Waals surface area contributed by atoms with E-state index in [0.717, 1.165) is 47.3 Å². The summed E-state index contributed by atoms with van der Waals surface area (Å²) in [7, 11) is -0.519. The highest BCUT2D eigenvalue weighted by Gasteiger charge is 2.37. The SMILES string of the molecule is C[Si](C)CCOC(=O)NCCCN(C(=O)CSC[C@H](N)C(=O)O)[C@@H](c1cc(-c2cc(F)ccc2F)cn1Cc1ccccc1)C(C)(C)C. The summed E-state index contributed by atoms with van der Waals surface area (Å²) in [5, 5.41) is 12.0. The molecule has 0 fully saturated rings. The van der Waals surface area contributed by atoms with E-state index in [1.165, 1.54) is 0 Å². The van der Waals surface area contributed by atoms with Gasteiger partial charge in [0.1, 0.15) is 17.7 Å². The Hall–Kier alpha value is -3.68. The Labute approximate surface area is 287 Å². The number of aromatic nitrogens is 1.